The largest absolute Gasteiger partial charge is 0.479 e. The van der Waals surface area contributed by atoms with Crippen LogP contribution in [0.3, 0.4) is 0 Å². The fourth-order valence-electron chi connectivity index (χ4n) is 2.51. The zero-order chi connectivity index (χ0) is 15.5. The molecule has 6 nitrogen and oxygen atoms in total. The minimum absolute atomic E-state index is 0.0442. The molecule has 1 aliphatic rings. The predicted molar refractivity (Wildman–Crippen MR) is 78.7 cm³/mol. The third kappa shape index (κ3) is 3.33. The molecule has 21 heavy (non-hydrogen) atoms. The summed E-state index contributed by atoms with van der Waals surface area (Å²) in [6, 6.07) is 8.25. The van der Waals surface area contributed by atoms with Gasteiger partial charge < -0.3 is 21.1 Å². The smallest absolute Gasteiger partial charge is 0.333 e. The number of benzene rings is 1. The zero-order valence-electron chi connectivity index (χ0n) is 12.1. The van der Waals surface area contributed by atoms with Crippen LogP contribution in [0.5, 0.6) is 0 Å². The molecule has 0 saturated carbocycles. The fourth-order valence-corrected chi connectivity index (χ4v) is 2.51. The number of nitrogens with zero attached hydrogens (tertiary/aromatic N) is 1. The van der Waals surface area contributed by atoms with Gasteiger partial charge in [0, 0.05) is 19.1 Å². The molecule has 1 saturated heterocycles. The lowest BCUT2D eigenvalue weighted by atomic mass is 9.92. The van der Waals surface area contributed by atoms with E-state index in [1.807, 2.05) is 0 Å². The summed E-state index contributed by atoms with van der Waals surface area (Å²) in [5.74, 6) is -1.09. The van der Waals surface area contributed by atoms with Crippen molar-refractivity contribution in [1.82, 2.24) is 10.2 Å². The predicted octanol–water partition coefficient (Wildman–Crippen LogP) is 1.12. The van der Waals surface area contributed by atoms with Crippen LogP contribution in [0, 0.1) is 0 Å². The first-order chi connectivity index (χ1) is 9.93. The van der Waals surface area contributed by atoms with Crippen LogP contribution < -0.4 is 11.1 Å². The van der Waals surface area contributed by atoms with Gasteiger partial charge in [0.25, 0.3) is 0 Å². The van der Waals surface area contributed by atoms with Gasteiger partial charge in [-0.1, -0.05) is 30.3 Å². The molecule has 2 rings (SSSR count). The van der Waals surface area contributed by atoms with Gasteiger partial charge in [-0.25, -0.2) is 9.59 Å². The van der Waals surface area contributed by atoms with Gasteiger partial charge in [-0.2, -0.15) is 0 Å². The Morgan fingerprint density at radius 2 is 2.05 bits per heavy atom. The second-order valence-corrected chi connectivity index (χ2v) is 5.57. The highest BCUT2D eigenvalue weighted by Crippen LogP contribution is 2.22. The van der Waals surface area contributed by atoms with E-state index in [-0.39, 0.29) is 12.1 Å². The van der Waals surface area contributed by atoms with Crippen molar-refractivity contribution in [2.45, 2.75) is 31.3 Å². The van der Waals surface area contributed by atoms with E-state index in [4.69, 9.17) is 5.73 Å². The molecule has 2 unspecified atom stereocenters. The van der Waals surface area contributed by atoms with Crippen LogP contribution in [0.1, 0.15) is 25.3 Å². The van der Waals surface area contributed by atoms with Crippen molar-refractivity contribution in [3.05, 3.63) is 35.9 Å². The summed E-state index contributed by atoms with van der Waals surface area (Å²) >= 11 is 0. The number of rotatable bonds is 3. The number of carbonyl (C=O) groups is 2. The molecule has 1 aliphatic heterocycles. The maximum Gasteiger partial charge on any atom is 0.333 e. The SMILES string of the molecule is CC(NC(=O)N1CCCC(N)C1)(C(=O)O)c1ccccc1. The summed E-state index contributed by atoms with van der Waals surface area (Å²) in [6.45, 7) is 2.55. The van der Waals surface area contributed by atoms with E-state index in [0.717, 1.165) is 12.8 Å². The van der Waals surface area contributed by atoms with Crippen molar-refractivity contribution in [3.8, 4) is 0 Å². The van der Waals surface area contributed by atoms with E-state index in [2.05, 4.69) is 5.32 Å². The molecule has 0 spiro atoms. The van der Waals surface area contributed by atoms with Gasteiger partial charge in [0.1, 0.15) is 0 Å². The summed E-state index contributed by atoms with van der Waals surface area (Å²) in [5.41, 5.74) is 4.94. The Labute approximate surface area is 123 Å². The first-order valence-corrected chi connectivity index (χ1v) is 7.05. The van der Waals surface area contributed by atoms with Crippen molar-refractivity contribution >= 4 is 12.0 Å². The number of urea groups is 1. The maximum absolute atomic E-state index is 12.3. The molecular weight excluding hydrogens is 270 g/mol. The van der Waals surface area contributed by atoms with E-state index in [1.54, 1.807) is 35.2 Å². The summed E-state index contributed by atoms with van der Waals surface area (Å²) in [4.78, 5) is 25.6. The lowest BCUT2D eigenvalue weighted by Gasteiger charge is -2.34. The van der Waals surface area contributed by atoms with Gasteiger partial charge >= 0.3 is 12.0 Å². The number of likely N-dealkylation sites (tertiary alicyclic amines) is 1. The van der Waals surface area contributed by atoms with Crippen LogP contribution >= 0.6 is 0 Å². The van der Waals surface area contributed by atoms with Crippen molar-refractivity contribution in [3.63, 3.8) is 0 Å². The molecule has 1 aromatic carbocycles. The van der Waals surface area contributed by atoms with Crippen LogP contribution in [0.25, 0.3) is 0 Å². The number of hydrogen-bond donors (Lipinski definition) is 3. The van der Waals surface area contributed by atoms with E-state index in [0.29, 0.717) is 18.7 Å². The van der Waals surface area contributed by atoms with Crippen LogP contribution in [-0.2, 0) is 10.3 Å². The Hall–Kier alpha value is -2.08. The van der Waals surface area contributed by atoms with Gasteiger partial charge in [0.2, 0.25) is 0 Å². The standard InChI is InChI=1S/C15H21N3O3/c1-15(13(19)20,11-6-3-2-4-7-11)17-14(21)18-9-5-8-12(16)10-18/h2-4,6-7,12H,5,8-10,16H2,1H3,(H,17,21)(H,19,20). The van der Waals surface area contributed by atoms with Gasteiger partial charge in [-0.15, -0.1) is 0 Å². The Morgan fingerprint density at radius 1 is 1.38 bits per heavy atom. The Balaban J connectivity index is 2.17. The average molecular weight is 291 g/mol. The van der Waals surface area contributed by atoms with Gasteiger partial charge in [-0.05, 0) is 25.3 Å². The van der Waals surface area contributed by atoms with E-state index in [9.17, 15) is 14.7 Å². The highest BCUT2D eigenvalue weighted by Gasteiger charge is 2.38. The normalized spacial score (nSPS) is 21.4. The maximum atomic E-state index is 12.3. The molecule has 1 fully saturated rings. The number of nitrogens with one attached hydrogen (secondary N) is 1. The Morgan fingerprint density at radius 3 is 2.62 bits per heavy atom. The molecule has 2 amide bonds. The minimum Gasteiger partial charge on any atom is -0.479 e. The first kappa shape index (κ1) is 15.3. The molecule has 114 valence electrons. The molecule has 1 heterocycles. The second-order valence-electron chi connectivity index (χ2n) is 5.57. The topological polar surface area (TPSA) is 95.7 Å². The van der Waals surface area contributed by atoms with Crippen molar-refractivity contribution in [1.29, 1.82) is 0 Å². The first-order valence-electron chi connectivity index (χ1n) is 7.05. The number of amides is 2. The molecular formula is C15H21N3O3. The van der Waals surface area contributed by atoms with Crippen LogP contribution in [-0.4, -0.2) is 41.1 Å². The quantitative estimate of drug-likeness (QED) is 0.777. The molecule has 0 aliphatic carbocycles. The fraction of sp³-hybridized carbons (Fsp3) is 0.467. The number of hydrogen-bond acceptors (Lipinski definition) is 3. The Kier molecular flexibility index (Phi) is 4.47. The van der Waals surface area contributed by atoms with Crippen LogP contribution in [0.2, 0.25) is 0 Å². The highest BCUT2D eigenvalue weighted by molar-refractivity contribution is 5.87. The average Bonchev–Trinajstić information content (AvgIpc) is 2.47. The van der Waals surface area contributed by atoms with Gasteiger partial charge in [0.15, 0.2) is 5.54 Å². The monoisotopic (exact) mass is 291 g/mol. The molecule has 6 heteroatoms. The number of carbonyl (C=O) groups excluding carboxylic acids is 1. The molecule has 1 aromatic rings. The summed E-state index contributed by atoms with van der Waals surface area (Å²) in [5, 5.41) is 12.2. The second kappa shape index (κ2) is 6.13. The van der Waals surface area contributed by atoms with E-state index >= 15 is 0 Å². The molecule has 0 aromatic heterocycles. The molecule has 0 radical (unpaired) electrons. The van der Waals surface area contributed by atoms with E-state index < -0.39 is 11.5 Å². The van der Waals surface area contributed by atoms with Crippen LogP contribution in [0.15, 0.2) is 30.3 Å². The number of carboxylic acid groups (broad SMARTS) is 1. The van der Waals surface area contributed by atoms with E-state index in [1.165, 1.54) is 6.92 Å². The van der Waals surface area contributed by atoms with Crippen LogP contribution in [0.4, 0.5) is 4.79 Å². The summed E-state index contributed by atoms with van der Waals surface area (Å²) < 4.78 is 0. The van der Waals surface area contributed by atoms with Gasteiger partial charge in [-0.3, -0.25) is 0 Å². The molecule has 2 atom stereocenters. The Bertz CT molecular complexity index is 520. The third-order valence-electron chi connectivity index (χ3n) is 3.88. The highest BCUT2D eigenvalue weighted by atomic mass is 16.4. The third-order valence-corrected chi connectivity index (χ3v) is 3.88. The summed E-state index contributed by atoms with van der Waals surface area (Å²) in [6.07, 6.45) is 1.72. The van der Waals surface area contributed by atoms with Crippen molar-refractivity contribution in [2.24, 2.45) is 5.73 Å². The molecule has 4 N–H and O–H groups in total. The lowest BCUT2D eigenvalue weighted by Crippen LogP contribution is -2.56. The minimum atomic E-state index is -1.46. The summed E-state index contributed by atoms with van der Waals surface area (Å²) in [7, 11) is 0. The number of nitrogens with two attached hydrogens (primary N) is 1. The number of carboxylic acids is 1. The number of aliphatic carboxylic acids is 1. The lowest BCUT2D eigenvalue weighted by molar-refractivity contribution is -0.144. The zero-order valence-corrected chi connectivity index (χ0v) is 12.1. The van der Waals surface area contributed by atoms with Crippen molar-refractivity contribution < 1.29 is 14.7 Å². The van der Waals surface area contributed by atoms with Gasteiger partial charge in [0.05, 0.1) is 0 Å². The molecule has 0 bridgehead atoms. The van der Waals surface area contributed by atoms with Crippen molar-refractivity contribution in [2.75, 3.05) is 13.1 Å². The number of piperidine rings is 1.